The summed E-state index contributed by atoms with van der Waals surface area (Å²) in [6.45, 7) is 3.52. The third-order valence-corrected chi connectivity index (χ3v) is 6.10. The number of amidine groups is 1. The van der Waals surface area contributed by atoms with Crippen LogP contribution in [0, 0.1) is 5.41 Å². The zero-order chi connectivity index (χ0) is 24.1. The van der Waals surface area contributed by atoms with Gasteiger partial charge in [-0.15, -0.1) is 0 Å². The van der Waals surface area contributed by atoms with E-state index in [1.165, 1.54) is 6.08 Å². The summed E-state index contributed by atoms with van der Waals surface area (Å²) in [6, 6.07) is 17.5. The number of carbonyl (C=O) groups excluding carboxylic acids is 1. The molecule has 1 fully saturated rings. The summed E-state index contributed by atoms with van der Waals surface area (Å²) in [5, 5.41) is 19.3. The van der Waals surface area contributed by atoms with Crippen LogP contribution in [0.4, 0.5) is 5.82 Å². The Morgan fingerprint density at radius 1 is 1.12 bits per heavy atom. The highest BCUT2D eigenvalue weighted by Gasteiger charge is 2.29. The van der Waals surface area contributed by atoms with Gasteiger partial charge < -0.3 is 21.1 Å². The molecule has 4 rings (SSSR count). The van der Waals surface area contributed by atoms with E-state index < -0.39 is 0 Å². The van der Waals surface area contributed by atoms with E-state index in [0.717, 1.165) is 42.8 Å². The highest BCUT2D eigenvalue weighted by molar-refractivity contribution is 6.05. The minimum atomic E-state index is -0.140. The van der Waals surface area contributed by atoms with Crippen molar-refractivity contribution in [2.45, 2.75) is 37.8 Å². The van der Waals surface area contributed by atoms with Gasteiger partial charge in [0.1, 0.15) is 28.8 Å². The summed E-state index contributed by atoms with van der Waals surface area (Å²) >= 11 is 0. The van der Waals surface area contributed by atoms with Crippen LogP contribution in [0.1, 0.15) is 37.3 Å². The molecule has 1 aliphatic rings. The number of nitrogens with one attached hydrogen (secondary N) is 3. The van der Waals surface area contributed by atoms with Crippen LogP contribution in [-0.4, -0.2) is 34.6 Å². The first-order valence-corrected chi connectivity index (χ1v) is 11.4. The molecule has 34 heavy (non-hydrogen) atoms. The summed E-state index contributed by atoms with van der Waals surface area (Å²) < 4.78 is 7.85. The van der Waals surface area contributed by atoms with Gasteiger partial charge >= 0.3 is 0 Å². The molecule has 0 radical (unpaired) electrons. The predicted molar refractivity (Wildman–Crippen MR) is 134 cm³/mol. The molecule has 0 unspecified atom stereocenters. The smallest absolute Gasteiger partial charge is 0.243 e. The Bertz CT molecular complexity index is 1160. The van der Waals surface area contributed by atoms with Crippen LogP contribution in [0.3, 0.4) is 0 Å². The number of nitrogens with zero attached hydrogens (tertiary/aromatic N) is 2. The molecule has 8 nitrogen and oxygen atoms in total. The third kappa shape index (κ3) is 4.96. The van der Waals surface area contributed by atoms with Crippen LogP contribution in [0.5, 0.6) is 11.5 Å². The molecule has 0 spiro atoms. The van der Waals surface area contributed by atoms with Crippen molar-refractivity contribution < 1.29 is 9.53 Å². The molecule has 0 bridgehead atoms. The maximum atomic E-state index is 11.6. The summed E-state index contributed by atoms with van der Waals surface area (Å²) in [6.07, 6.45) is 4.73. The molecule has 0 saturated heterocycles. The second kappa shape index (κ2) is 10.2. The van der Waals surface area contributed by atoms with E-state index in [0.29, 0.717) is 17.0 Å². The minimum Gasteiger partial charge on any atom is -0.457 e. The van der Waals surface area contributed by atoms with Gasteiger partial charge in [-0.25, -0.2) is 4.68 Å². The number of carbonyl (C=O) groups is 1. The number of anilines is 1. The maximum absolute atomic E-state index is 11.6. The molecule has 3 aromatic rings. The SMILES string of the molecule is C=CC(=O)NC1CCC(n2nc(-c3ccc(Oc4ccccc4)cc3)c(C(=N)N)c2NC)CC1. The predicted octanol–water partition coefficient (Wildman–Crippen LogP) is 4.45. The van der Waals surface area contributed by atoms with Crippen molar-refractivity contribution in [1.82, 2.24) is 15.1 Å². The van der Waals surface area contributed by atoms with Gasteiger partial charge in [0.25, 0.3) is 0 Å². The Hall–Kier alpha value is -4.07. The lowest BCUT2D eigenvalue weighted by atomic mass is 9.91. The number of ether oxygens (including phenoxy) is 1. The fraction of sp³-hybridized carbons (Fsp3) is 0.269. The van der Waals surface area contributed by atoms with Crippen molar-refractivity contribution in [3.63, 3.8) is 0 Å². The molecular formula is C26H30N6O2. The van der Waals surface area contributed by atoms with Crippen molar-refractivity contribution in [1.29, 1.82) is 5.41 Å². The second-order valence-electron chi connectivity index (χ2n) is 8.34. The van der Waals surface area contributed by atoms with Gasteiger partial charge in [0.2, 0.25) is 5.91 Å². The number of aromatic nitrogens is 2. The van der Waals surface area contributed by atoms with Gasteiger partial charge in [0.15, 0.2) is 0 Å². The normalized spacial score (nSPS) is 17.6. The van der Waals surface area contributed by atoms with E-state index in [-0.39, 0.29) is 23.8 Å². The van der Waals surface area contributed by atoms with Crippen LogP contribution < -0.4 is 21.1 Å². The van der Waals surface area contributed by atoms with E-state index in [2.05, 4.69) is 17.2 Å². The number of rotatable bonds is 8. The molecular weight excluding hydrogens is 428 g/mol. The fourth-order valence-electron chi connectivity index (χ4n) is 4.43. The van der Waals surface area contributed by atoms with E-state index in [4.69, 9.17) is 21.0 Å². The van der Waals surface area contributed by atoms with Gasteiger partial charge in [-0.05, 0) is 68.2 Å². The van der Waals surface area contributed by atoms with Crippen LogP contribution in [0.15, 0.2) is 67.3 Å². The Kier molecular flexibility index (Phi) is 6.96. The number of para-hydroxylation sites is 1. The van der Waals surface area contributed by atoms with Crippen LogP contribution >= 0.6 is 0 Å². The van der Waals surface area contributed by atoms with Crippen molar-refractivity contribution in [3.8, 4) is 22.8 Å². The zero-order valence-corrected chi connectivity index (χ0v) is 19.3. The Labute approximate surface area is 199 Å². The quantitative estimate of drug-likeness (QED) is 0.226. The number of nitrogens with two attached hydrogens (primary N) is 1. The topological polar surface area (TPSA) is 118 Å². The van der Waals surface area contributed by atoms with Crippen LogP contribution in [0.25, 0.3) is 11.3 Å². The number of nitrogen functional groups attached to an aromatic ring is 1. The van der Waals surface area contributed by atoms with Crippen molar-refractivity contribution >= 4 is 17.6 Å². The van der Waals surface area contributed by atoms with Crippen LogP contribution in [0.2, 0.25) is 0 Å². The van der Waals surface area contributed by atoms with Gasteiger partial charge in [0, 0.05) is 18.7 Å². The molecule has 5 N–H and O–H groups in total. The number of benzene rings is 2. The molecule has 176 valence electrons. The molecule has 1 aliphatic carbocycles. The van der Waals surface area contributed by atoms with Gasteiger partial charge in [0.05, 0.1) is 11.6 Å². The average Bonchev–Trinajstić information content (AvgIpc) is 3.25. The fourth-order valence-corrected chi connectivity index (χ4v) is 4.43. The van der Waals surface area contributed by atoms with Gasteiger partial charge in [-0.3, -0.25) is 10.2 Å². The monoisotopic (exact) mass is 458 g/mol. The Morgan fingerprint density at radius 2 is 1.76 bits per heavy atom. The minimum absolute atomic E-state index is 0.0397. The van der Waals surface area contributed by atoms with Gasteiger partial charge in [-0.2, -0.15) is 5.10 Å². The standard InChI is InChI=1S/C26H30N6O2/c1-3-22(33)30-18-11-13-19(14-12-18)32-26(29-2)23(25(27)28)24(31-32)17-9-15-21(16-10-17)34-20-7-5-4-6-8-20/h3-10,15-16,18-19,29H,1,11-14H2,2H3,(H3,27,28)(H,30,33). The first-order chi connectivity index (χ1) is 16.5. The maximum Gasteiger partial charge on any atom is 0.243 e. The second-order valence-corrected chi connectivity index (χ2v) is 8.34. The Morgan fingerprint density at radius 3 is 2.35 bits per heavy atom. The average molecular weight is 459 g/mol. The van der Waals surface area contributed by atoms with E-state index in [9.17, 15) is 4.79 Å². The van der Waals surface area contributed by atoms with Gasteiger partial charge in [-0.1, -0.05) is 24.8 Å². The lowest BCUT2D eigenvalue weighted by molar-refractivity contribution is -0.117. The largest absolute Gasteiger partial charge is 0.457 e. The highest BCUT2D eigenvalue weighted by atomic mass is 16.5. The van der Waals surface area contributed by atoms with Crippen molar-refractivity contribution in [2.24, 2.45) is 5.73 Å². The number of amides is 1. The number of hydrogen-bond donors (Lipinski definition) is 4. The van der Waals surface area contributed by atoms with E-state index in [1.54, 1.807) is 0 Å². The van der Waals surface area contributed by atoms with Crippen molar-refractivity contribution in [3.05, 3.63) is 72.8 Å². The summed E-state index contributed by atoms with van der Waals surface area (Å²) in [5.74, 6) is 2.03. The molecule has 1 heterocycles. The van der Waals surface area contributed by atoms with Crippen LogP contribution in [-0.2, 0) is 4.79 Å². The molecule has 1 amide bonds. The highest BCUT2D eigenvalue weighted by Crippen LogP contribution is 2.36. The molecule has 1 saturated carbocycles. The third-order valence-electron chi connectivity index (χ3n) is 6.10. The molecule has 2 aromatic carbocycles. The molecule has 0 aliphatic heterocycles. The molecule has 8 heteroatoms. The first kappa shape index (κ1) is 23.1. The molecule has 1 aromatic heterocycles. The zero-order valence-electron chi connectivity index (χ0n) is 19.3. The van der Waals surface area contributed by atoms with E-state index in [1.807, 2.05) is 66.3 Å². The van der Waals surface area contributed by atoms with E-state index >= 15 is 0 Å². The number of hydrogen-bond acceptors (Lipinski definition) is 5. The summed E-state index contributed by atoms with van der Waals surface area (Å²) in [5.41, 5.74) is 8.10. The summed E-state index contributed by atoms with van der Waals surface area (Å²) in [4.78, 5) is 11.6. The lowest BCUT2D eigenvalue weighted by Gasteiger charge is -2.30. The summed E-state index contributed by atoms with van der Waals surface area (Å²) in [7, 11) is 1.82. The first-order valence-electron chi connectivity index (χ1n) is 11.4. The lowest BCUT2D eigenvalue weighted by Crippen LogP contribution is -2.37. The Balaban J connectivity index is 1.58. The van der Waals surface area contributed by atoms with Crippen molar-refractivity contribution in [2.75, 3.05) is 12.4 Å². The molecule has 0 atom stereocenters.